The average Bonchev–Trinajstić information content (AvgIpc) is 3.01. The first-order chi connectivity index (χ1) is 12.5. The fraction of sp³-hybridized carbons (Fsp3) is 0.167. The monoisotopic (exact) mass is 369 g/mol. The second kappa shape index (κ2) is 7.40. The number of para-hydroxylation sites is 1. The fourth-order valence-corrected chi connectivity index (χ4v) is 2.60. The first-order valence-electron chi connectivity index (χ1n) is 7.86. The van der Waals surface area contributed by atoms with Crippen molar-refractivity contribution in [1.29, 1.82) is 0 Å². The van der Waals surface area contributed by atoms with Crippen molar-refractivity contribution in [2.24, 2.45) is 5.10 Å². The van der Waals surface area contributed by atoms with Crippen molar-refractivity contribution in [2.45, 2.75) is 0 Å². The van der Waals surface area contributed by atoms with Gasteiger partial charge in [0, 0.05) is 30.9 Å². The van der Waals surface area contributed by atoms with E-state index in [9.17, 15) is 5.11 Å². The Bertz CT molecular complexity index is 990. The summed E-state index contributed by atoms with van der Waals surface area (Å²) in [6.45, 7) is 0. The summed E-state index contributed by atoms with van der Waals surface area (Å²) < 4.78 is 6.98. The molecule has 0 aliphatic heterocycles. The minimum Gasteiger partial charge on any atom is -0.504 e. The van der Waals surface area contributed by atoms with Crippen molar-refractivity contribution in [2.75, 3.05) is 26.1 Å². The lowest BCUT2D eigenvalue weighted by atomic mass is 10.2. The molecule has 0 aliphatic rings. The van der Waals surface area contributed by atoms with E-state index >= 15 is 0 Å². The van der Waals surface area contributed by atoms with Gasteiger partial charge in [-0.05, 0) is 48.6 Å². The fourth-order valence-electron chi connectivity index (χ4n) is 2.42. The van der Waals surface area contributed by atoms with Gasteiger partial charge >= 0.3 is 0 Å². The second-order valence-electron chi connectivity index (χ2n) is 5.75. The minimum absolute atomic E-state index is 0.0191. The second-order valence-corrected chi connectivity index (χ2v) is 6.13. The van der Waals surface area contributed by atoms with Crippen LogP contribution in [-0.2, 0) is 0 Å². The third kappa shape index (κ3) is 3.45. The van der Waals surface area contributed by atoms with Crippen LogP contribution in [0.1, 0.15) is 5.56 Å². The van der Waals surface area contributed by atoms with E-state index in [0.29, 0.717) is 21.9 Å². The van der Waals surface area contributed by atoms with E-state index in [1.165, 1.54) is 18.0 Å². The van der Waals surface area contributed by atoms with Crippen LogP contribution in [0.4, 0.5) is 5.69 Å². The van der Waals surface area contributed by atoms with Crippen molar-refractivity contribution in [1.82, 2.24) is 14.9 Å². The van der Waals surface area contributed by atoms with Gasteiger partial charge in [-0.3, -0.25) is 0 Å². The lowest BCUT2D eigenvalue weighted by Gasteiger charge is -2.12. The van der Waals surface area contributed by atoms with E-state index in [4.69, 9.17) is 17.0 Å². The molecule has 0 spiro atoms. The number of rotatable bonds is 5. The number of nitrogens with zero attached hydrogens (tertiary/aromatic N) is 4. The molecule has 0 saturated heterocycles. The first kappa shape index (κ1) is 17.7. The molecule has 2 N–H and O–H groups in total. The molecule has 7 nitrogen and oxygen atoms in total. The third-order valence-electron chi connectivity index (χ3n) is 3.85. The molecule has 3 rings (SSSR count). The first-order valence-corrected chi connectivity index (χ1v) is 8.27. The van der Waals surface area contributed by atoms with Gasteiger partial charge in [0.25, 0.3) is 0 Å². The van der Waals surface area contributed by atoms with Gasteiger partial charge in [-0.15, -0.1) is 0 Å². The molecule has 3 aromatic rings. The van der Waals surface area contributed by atoms with Gasteiger partial charge in [-0.25, -0.2) is 5.10 Å². The van der Waals surface area contributed by atoms with Gasteiger partial charge in [0.1, 0.15) is 0 Å². The van der Waals surface area contributed by atoms with Gasteiger partial charge < -0.3 is 14.7 Å². The summed E-state index contributed by atoms with van der Waals surface area (Å²) in [6.07, 6.45) is 1.51. The van der Waals surface area contributed by atoms with Crippen LogP contribution in [0.3, 0.4) is 0 Å². The molecule has 134 valence electrons. The molecular weight excluding hydrogens is 350 g/mol. The van der Waals surface area contributed by atoms with Crippen LogP contribution in [0.5, 0.6) is 11.5 Å². The van der Waals surface area contributed by atoms with E-state index in [1.807, 2.05) is 43.3 Å². The minimum atomic E-state index is 0.0191. The van der Waals surface area contributed by atoms with Crippen LogP contribution < -0.4 is 9.64 Å². The lowest BCUT2D eigenvalue weighted by Crippen LogP contribution is -2.08. The van der Waals surface area contributed by atoms with E-state index in [1.54, 1.807) is 18.2 Å². The molecule has 8 heteroatoms. The Hall–Kier alpha value is -3.13. The van der Waals surface area contributed by atoms with Crippen LogP contribution in [0.25, 0.3) is 11.4 Å². The highest BCUT2D eigenvalue weighted by atomic mass is 32.1. The standard InChI is InChI=1S/C18H19N5O2S/c1-22(2)14-9-7-12(8-10-14)17-20-21-18(26)23(17)19-11-13-5-4-6-15(25-3)16(13)24/h4-11,24H,1-3H3,(H,21,26)/b19-11-. The van der Waals surface area contributed by atoms with Gasteiger partial charge in [-0.2, -0.15) is 14.9 Å². The Morgan fingerprint density at radius 2 is 1.96 bits per heavy atom. The number of anilines is 1. The molecule has 0 fully saturated rings. The highest BCUT2D eigenvalue weighted by Crippen LogP contribution is 2.28. The quantitative estimate of drug-likeness (QED) is 0.533. The Balaban J connectivity index is 1.97. The zero-order valence-corrected chi connectivity index (χ0v) is 15.5. The zero-order chi connectivity index (χ0) is 18.7. The van der Waals surface area contributed by atoms with Crippen molar-refractivity contribution < 1.29 is 9.84 Å². The molecule has 1 aromatic heterocycles. The Labute approximate surface area is 156 Å². The molecular formula is C18H19N5O2S. The summed E-state index contributed by atoms with van der Waals surface area (Å²) in [5, 5.41) is 21.6. The maximum atomic E-state index is 10.2. The van der Waals surface area contributed by atoms with Crippen molar-refractivity contribution >= 4 is 24.1 Å². The van der Waals surface area contributed by atoms with Crippen LogP contribution >= 0.6 is 12.2 Å². The molecule has 0 radical (unpaired) electrons. The van der Waals surface area contributed by atoms with Gasteiger partial charge in [0.15, 0.2) is 17.3 Å². The predicted octanol–water partition coefficient (Wildman–Crippen LogP) is 3.27. The number of phenolic OH excluding ortho intramolecular Hbond substituents is 1. The largest absolute Gasteiger partial charge is 0.504 e. The molecule has 0 aliphatic carbocycles. The Morgan fingerprint density at radius 1 is 1.23 bits per heavy atom. The highest BCUT2D eigenvalue weighted by molar-refractivity contribution is 7.71. The van der Waals surface area contributed by atoms with E-state index in [-0.39, 0.29) is 5.75 Å². The number of aromatic nitrogens is 3. The van der Waals surface area contributed by atoms with Gasteiger partial charge in [0.2, 0.25) is 4.77 Å². The average molecular weight is 369 g/mol. The summed E-state index contributed by atoms with van der Waals surface area (Å²) in [5.74, 6) is 0.980. The maximum Gasteiger partial charge on any atom is 0.216 e. The number of aromatic hydroxyl groups is 1. The molecule has 0 atom stereocenters. The number of methoxy groups -OCH3 is 1. The van der Waals surface area contributed by atoms with Crippen LogP contribution in [-0.4, -0.2) is 47.4 Å². The topological polar surface area (TPSA) is 78.7 Å². The Morgan fingerprint density at radius 3 is 2.62 bits per heavy atom. The zero-order valence-electron chi connectivity index (χ0n) is 14.7. The summed E-state index contributed by atoms with van der Waals surface area (Å²) in [4.78, 5) is 2.02. The molecule has 0 saturated carbocycles. The lowest BCUT2D eigenvalue weighted by molar-refractivity contribution is 0.373. The van der Waals surface area contributed by atoms with E-state index in [2.05, 4.69) is 15.3 Å². The van der Waals surface area contributed by atoms with E-state index in [0.717, 1.165) is 11.3 Å². The van der Waals surface area contributed by atoms with Gasteiger partial charge in [0.05, 0.1) is 13.3 Å². The van der Waals surface area contributed by atoms with Crippen LogP contribution in [0, 0.1) is 4.77 Å². The van der Waals surface area contributed by atoms with Crippen molar-refractivity contribution in [3.8, 4) is 22.9 Å². The van der Waals surface area contributed by atoms with Crippen LogP contribution in [0.15, 0.2) is 47.6 Å². The van der Waals surface area contributed by atoms with Crippen LogP contribution in [0.2, 0.25) is 0 Å². The number of H-pyrrole nitrogens is 1. The molecule has 0 amide bonds. The number of hydrogen-bond acceptors (Lipinski definition) is 6. The number of nitrogens with one attached hydrogen (secondary N) is 1. The normalized spacial score (nSPS) is 11.0. The summed E-state index contributed by atoms with van der Waals surface area (Å²) in [5.41, 5.74) is 2.47. The summed E-state index contributed by atoms with van der Waals surface area (Å²) in [6, 6.07) is 13.1. The van der Waals surface area contributed by atoms with Crippen molar-refractivity contribution in [3.63, 3.8) is 0 Å². The molecule has 2 aromatic carbocycles. The number of aromatic amines is 1. The Kier molecular flexibility index (Phi) is 5.04. The number of hydrogen-bond donors (Lipinski definition) is 2. The summed E-state index contributed by atoms with van der Waals surface area (Å²) in [7, 11) is 5.46. The van der Waals surface area contributed by atoms with Crippen molar-refractivity contribution in [3.05, 3.63) is 52.8 Å². The highest BCUT2D eigenvalue weighted by Gasteiger charge is 2.10. The molecule has 0 bridgehead atoms. The summed E-state index contributed by atoms with van der Waals surface area (Å²) >= 11 is 5.27. The van der Waals surface area contributed by atoms with Gasteiger partial charge in [-0.1, -0.05) is 6.07 Å². The maximum absolute atomic E-state index is 10.2. The molecule has 1 heterocycles. The number of ether oxygens (including phenoxy) is 1. The smallest absolute Gasteiger partial charge is 0.216 e. The predicted molar refractivity (Wildman–Crippen MR) is 105 cm³/mol. The number of benzene rings is 2. The molecule has 0 unspecified atom stereocenters. The SMILES string of the molecule is COc1cccc(/C=N\n2c(-c3ccc(N(C)C)cc3)n[nH]c2=S)c1O. The third-order valence-corrected chi connectivity index (χ3v) is 4.12. The number of phenols is 1. The van der Waals surface area contributed by atoms with E-state index < -0.39 is 0 Å². The molecule has 26 heavy (non-hydrogen) atoms.